The normalized spacial score (nSPS) is 14.9. The molecule has 0 saturated carbocycles. The smallest absolute Gasteiger partial charge is 0.462 e. The zero-order chi connectivity index (χ0) is 64.5. The summed E-state index contributed by atoms with van der Waals surface area (Å²) in [6, 6.07) is 0. The Balaban J connectivity index is 5.27. The highest BCUT2D eigenvalue weighted by Crippen LogP contribution is 2.45. The first-order valence-electron chi connectivity index (χ1n) is 35.4. The van der Waals surface area contributed by atoms with Gasteiger partial charge in [-0.3, -0.25) is 37.3 Å². The van der Waals surface area contributed by atoms with Gasteiger partial charge in [0, 0.05) is 25.7 Å². The van der Waals surface area contributed by atoms with Crippen LogP contribution >= 0.6 is 15.6 Å². The van der Waals surface area contributed by atoms with E-state index in [1.807, 2.05) is 0 Å². The van der Waals surface area contributed by atoms with Gasteiger partial charge in [0.15, 0.2) is 12.2 Å². The molecule has 0 amide bonds. The molecule has 0 rings (SSSR count). The molecule has 0 aliphatic rings. The van der Waals surface area contributed by atoms with E-state index in [9.17, 15) is 43.2 Å². The molecule has 87 heavy (non-hydrogen) atoms. The second kappa shape index (κ2) is 59.1. The molecule has 17 nitrogen and oxygen atoms in total. The van der Waals surface area contributed by atoms with Crippen LogP contribution in [0, 0.1) is 17.8 Å². The van der Waals surface area contributed by atoms with E-state index in [2.05, 4.69) is 48.5 Å². The van der Waals surface area contributed by atoms with Crippen molar-refractivity contribution in [3.8, 4) is 0 Å². The number of unbranched alkanes of at least 4 members (excludes halogenated alkanes) is 32. The lowest BCUT2D eigenvalue weighted by atomic mass is 9.99. The minimum Gasteiger partial charge on any atom is -0.462 e. The summed E-state index contributed by atoms with van der Waals surface area (Å²) in [7, 11) is -9.90. The Labute approximate surface area is 530 Å². The van der Waals surface area contributed by atoms with E-state index in [0.717, 1.165) is 114 Å². The third kappa shape index (κ3) is 60.1. The third-order valence-corrected chi connectivity index (χ3v) is 18.3. The topological polar surface area (TPSA) is 237 Å². The summed E-state index contributed by atoms with van der Waals surface area (Å²) in [6.07, 6.45) is 41.5. The van der Waals surface area contributed by atoms with Crippen LogP contribution in [0.2, 0.25) is 0 Å². The third-order valence-electron chi connectivity index (χ3n) is 16.4. The Bertz CT molecular complexity index is 1720. The Morgan fingerprint density at radius 3 is 0.874 bits per heavy atom. The molecule has 0 heterocycles. The van der Waals surface area contributed by atoms with Crippen molar-refractivity contribution in [1.29, 1.82) is 0 Å². The Hall–Kier alpha value is -1.94. The van der Waals surface area contributed by atoms with Crippen LogP contribution in [0.5, 0.6) is 0 Å². The number of aliphatic hydroxyl groups is 1. The number of aliphatic hydroxyl groups excluding tert-OH is 1. The average Bonchev–Trinajstić information content (AvgIpc) is 3.69. The summed E-state index contributed by atoms with van der Waals surface area (Å²) >= 11 is 0. The lowest BCUT2D eigenvalue weighted by Crippen LogP contribution is -2.30. The zero-order valence-electron chi connectivity index (χ0n) is 56.5. The summed E-state index contributed by atoms with van der Waals surface area (Å²) in [5, 5.41) is 10.6. The van der Waals surface area contributed by atoms with E-state index in [-0.39, 0.29) is 25.7 Å². The van der Waals surface area contributed by atoms with Gasteiger partial charge in [-0.1, -0.05) is 286 Å². The van der Waals surface area contributed by atoms with Gasteiger partial charge in [-0.05, 0) is 43.4 Å². The van der Waals surface area contributed by atoms with Crippen LogP contribution in [-0.4, -0.2) is 96.7 Å². The summed E-state index contributed by atoms with van der Waals surface area (Å²) < 4.78 is 68.2. The van der Waals surface area contributed by atoms with Crippen molar-refractivity contribution in [3.05, 3.63) is 0 Å². The minimum absolute atomic E-state index is 0.105. The molecule has 4 unspecified atom stereocenters. The molecule has 3 N–H and O–H groups in total. The number of carbonyl (C=O) groups is 4. The quantitative estimate of drug-likeness (QED) is 0.0222. The first kappa shape index (κ1) is 85.1. The van der Waals surface area contributed by atoms with Crippen molar-refractivity contribution >= 4 is 39.5 Å². The number of ether oxygens (including phenoxy) is 4. The Kier molecular flexibility index (Phi) is 57.8. The van der Waals surface area contributed by atoms with Crippen molar-refractivity contribution in [2.75, 3.05) is 39.6 Å². The molecule has 0 saturated heterocycles. The predicted octanol–water partition coefficient (Wildman–Crippen LogP) is 19.1. The molecule has 516 valence electrons. The Morgan fingerprint density at radius 2 is 0.586 bits per heavy atom. The number of esters is 4. The lowest BCUT2D eigenvalue weighted by molar-refractivity contribution is -0.161. The van der Waals surface area contributed by atoms with E-state index < -0.39 is 97.5 Å². The molecular weight excluding hydrogens is 1150 g/mol. The fourth-order valence-electron chi connectivity index (χ4n) is 10.1. The fourth-order valence-corrected chi connectivity index (χ4v) is 11.7. The van der Waals surface area contributed by atoms with Gasteiger partial charge in [-0.15, -0.1) is 0 Å². The summed E-state index contributed by atoms with van der Waals surface area (Å²) in [5.74, 6) is 0.148. The lowest BCUT2D eigenvalue weighted by Gasteiger charge is -2.21. The summed E-state index contributed by atoms with van der Waals surface area (Å²) in [4.78, 5) is 72.4. The van der Waals surface area contributed by atoms with Crippen LogP contribution in [0.1, 0.15) is 337 Å². The fraction of sp³-hybridized carbons (Fsp3) is 0.941. The predicted molar refractivity (Wildman–Crippen MR) is 349 cm³/mol. The highest BCUT2D eigenvalue weighted by molar-refractivity contribution is 7.47. The molecule has 0 fully saturated rings. The highest BCUT2D eigenvalue weighted by atomic mass is 31.2. The van der Waals surface area contributed by atoms with Crippen molar-refractivity contribution in [2.24, 2.45) is 17.8 Å². The summed E-state index contributed by atoms with van der Waals surface area (Å²) in [6.45, 7) is 11.8. The van der Waals surface area contributed by atoms with Gasteiger partial charge in [0.2, 0.25) is 0 Å². The maximum Gasteiger partial charge on any atom is 0.472 e. The van der Waals surface area contributed by atoms with Crippen LogP contribution in [0.25, 0.3) is 0 Å². The van der Waals surface area contributed by atoms with Crippen LogP contribution in [-0.2, 0) is 65.4 Å². The number of hydrogen-bond donors (Lipinski definition) is 3. The standard InChI is InChI=1S/C68H132O17P2/c1-8-11-12-13-14-15-16-22-28-37-44-51-67(72)85-64(56-79-66(71)50-43-36-31-30-34-41-48-61(7)10-3)58-83-87(76,77)81-54-62(69)53-80-86(74,75)82-57-63(55-78-65(70)49-42-35-27-24-19-20-25-32-39-46-59(4)5)84-68(73)52-45-38-29-23-18-17-21-26-33-40-47-60(6)9-2/h59-64,69H,8-58H2,1-7H3,(H,74,75)(H,76,77)/t60?,61?,62-,63-,64-/m1/s1. The molecule has 0 aliphatic carbocycles. The highest BCUT2D eigenvalue weighted by Gasteiger charge is 2.30. The monoisotopic (exact) mass is 1280 g/mol. The largest absolute Gasteiger partial charge is 0.472 e. The number of phosphoric acid groups is 2. The second-order valence-corrected chi connectivity index (χ2v) is 28.4. The van der Waals surface area contributed by atoms with E-state index in [4.69, 9.17) is 37.0 Å². The van der Waals surface area contributed by atoms with Gasteiger partial charge in [0.05, 0.1) is 26.4 Å². The van der Waals surface area contributed by atoms with E-state index in [0.29, 0.717) is 25.7 Å². The molecule has 0 aromatic rings. The van der Waals surface area contributed by atoms with Gasteiger partial charge in [-0.25, -0.2) is 9.13 Å². The van der Waals surface area contributed by atoms with E-state index in [1.54, 1.807) is 0 Å². The average molecular weight is 1280 g/mol. The SMILES string of the molecule is CCCCCCCCCCCCCC(=O)O[C@H](COC(=O)CCCCCCCCC(C)CC)COP(=O)(O)OC[C@H](O)COP(=O)(O)OC[C@@H](COC(=O)CCCCCCCCCCCC(C)C)OC(=O)CCCCCCCCCCCCC(C)CC. The van der Waals surface area contributed by atoms with Crippen LogP contribution in [0.15, 0.2) is 0 Å². The number of rotatable bonds is 66. The van der Waals surface area contributed by atoms with Crippen molar-refractivity contribution in [2.45, 2.75) is 356 Å². The first-order valence-corrected chi connectivity index (χ1v) is 38.4. The molecule has 0 radical (unpaired) electrons. The van der Waals surface area contributed by atoms with E-state index >= 15 is 0 Å². The molecule has 0 aliphatic heterocycles. The first-order chi connectivity index (χ1) is 41.8. The van der Waals surface area contributed by atoms with Crippen LogP contribution in [0.3, 0.4) is 0 Å². The Morgan fingerprint density at radius 1 is 0.333 bits per heavy atom. The second-order valence-electron chi connectivity index (χ2n) is 25.5. The van der Waals surface area contributed by atoms with Crippen molar-refractivity contribution in [1.82, 2.24) is 0 Å². The molecule has 0 aromatic carbocycles. The minimum atomic E-state index is -4.95. The zero-order valence-corrected chi connectivity index (χ0v) is 58.3. The van der Waals surface area contributed by atoms with Crippen molar-refractivity contribution < 1.29 is 80.2 Å². The molecular formula is C68H132O17P2. The number of hydrogen-bond acceptors (Lipinski definition) is 15. The molecule has 0 aromatic heterocycles. The van der Waals surface area contributed by atoms with Gasteiger partial charge in [-0.2, -0.15) is 0 Å². The van der Waals surface area contributed by atoms with Crippen LogP contribution < -0.4 is 0 Å². The number of carbonyl (C=O) groups excluding carboxylic acids is 4. The molecule has 0 bridgehead atoms. The molecule has 0 spiro atoms. The van der Waals surface area contributed by atoms with Gasteiger partial charge in [0.25, 0.3) is 0 Å². The van der Waals surface area contributed by atoms with Gasteiger partial charge < -0.3 is 33.8 Å². The van der Waals surface area contributed by atoms with Gasteiger partial charge >= 0.3 is 39.5 Å². The summed E-state index contributed by atoms with van der Waals surface area (Å²) in [5.41, 5.74) is 0. The van der Waals surface area contributed by atoms with Crippen LogP contribution in [0.4, 0.5) is 0 Å². The molecule has 19 heteroatoms. The maximum absolute atomic E-state index is 13.0. The van der Waals surface area contributed by atoms with Crippen molar-refractivity contribution in [3.63, 3.8) is 0 Å². The molecule has 7 atom stereocenters. The maximum atomic E-state index is 13.0. The van der Waals surface area contributed by atoms with E-state index in [1.165, 1.54) is 141 Å². The number of phosphoric ester groups is 2. The van der Waals surface area contributed by atoms with Gasteiger partial charge in [0.1, 0.15) is 19.3 Å².